The number of benzene rings is 2. The van der Waals surface area contributed by atoms with Crippen LogP contribution < -0.4 is 10.9 Å². The molecular formula is C30H52B2Br2P2Pt. The van der Waals surface area contributed by atoms with E-state index in [1.165, 1.54) is 81.3 Å². The number of rotatable bonds is 9. The van der Waals surface area contributed by atoms with E-state index in [2.05, 4.69) is 144 Å². The van der Waals surface area contributed by atoms with Gasteiger partial charge >= 0.3 is 31.1 Å². The van der Waals surface area contributed by atoms with Gasteiger partial charge in [-0.05, 0) is 78.5 Å². The van der Waals surface area contributed by atoms with Crippen molar-refractivity contribution in [3.05, 3.63) is 57.6 Å². The molecule has 0 unspecified atom stereocenters. The summed E-state index contributed by atoms with van der Waals surface area (Å²) in [7, 11) is 3.23. The molecule has 0 fully saturated rings. The second-order valence-corrected chi connectivity index (χ2v) is 16.9. The quantitative estimate of drug-likeness (QED) is 0.174. The van der Waals surface area contributed by atoms with Gasteiger partial charge in [0, 0.05) is 0 Å². The van der Waals surface area contributed by atoms with Gasteiger partial charge in [-0.1, -0.05) is 110 Å². The van der Waals surface area contributed by atoms with Crippen LogP contribution in [0.3, 0.4) is 0 Å². The first kappa shape index (κ1) is 40.2. The third kappa shape index (κ3) is 16.2. The Hall–Kier alpha value is 1.08. The Labute approximate surface area is 261 Å². The number of hydrogen-bond acceptors (Lipinski definition) is 0. The predicted molar refractivity (Wildman–Crippen MR) is 187 cm³/mol. The zero-order chi connectivity index (χ0) is 29.1. The van der Waals surface area contributed by atoms with Gasteiger partial charge in [-0.25, -0.2) is 0 Å². The molecule has 0 heterocycles. The van der Waals surface area contributed by atoms with Crippen molar-refractivity contribution in [1.82, 2.24) is 0 Å². The van der Waals surface area contributed by atoms with Gasteiger partial charge in [0.25, 0.3) is 0 Å². The summed E-state index contributed by atoms with van der Waals surface area (Å²) in [4.78, 5) is 0. The predicted octanol–water partition coefficient (Wildman–Crippen LogP) is 9.56. The first-order valence-corrected chi connectivity index (χ1v) is 23.4. The molecule has 2 aromatic rings. The van der Waals surface area contributed by atoms with Gasteiger partial charge < -0.3 is 0 Å². The van der Waals surface area contributed by atoms with E-state index in [9.17, 15) is 0 Å². The summed E-state index contributed by atoms with van der Waals surface area (Å²) in [5.41, 5.74) is 11.0. The summed E-state index contributed by atoms with van der Waals surface area (Å²) >= 11 is 8.74. The summed E-state index contributed by atoms with van der Waals surface area (Å²) in [5, 5.41) is 0. The van der Waals surface area contributed by atoms with Gasteiger partial charge in [0.1, 0.15) is 7.17 Å². The molecule has 0 amide bonds. The molecule has 0 N–H and O–H groups in total. The Balaban J connectivity index is 0. The molecule has 0 nitrogen and oxygen atoms in total. The first-order chi connectivity index (χ1) is 17.5. The Morgan fingerprint density at radius 3 is 1.11 bits per heavy atom. The number of hydrogen-bond donors (Lipinski definition) is 0. The standard InChI is InChI=1S/C18H22B2Br.2C6H15P.BrH.Pt/c1-11-7-13(3)17(14(4)8-11)19-20(21)18-15(5)9-12(2)10-16(18)6;2*1-4-7(5-2)6-3;;/h7-10H,1-6H3;2*4-6H2,1-3H3;1H;/q;;;;+1/p-1. The van der Waals surface area contributed by atoms with Gasteiger partial charge in [0.15, 0.2) is 0 Å². The molecule has 0 bridgehead atoms. The summed E-state index contributed by atoms with van der Waals surface area (Å²) in [6.07, 6.45) is 8.51. The van der Waals surface area contributed by atoms with Gasteiger partial charge in [-0.2, -0.15) is 15.8 Å². The minimum absolute atomic E-state index is 0.248. The van der Waals surface area contributed by atoms with E-state index in [4.69, 9.17) is 0 Å². The molecule has 0 spiro atoms. The molecule has 0 atom stereocenters. The molecule has 0 aromatic heterocycles. The number of halogens is 2. The second-order valence-electron chi connectivity index (χ2n) is 9.43. The van der Waals surface area contributed by atoms with Crippen molar-refractivity contribution in [2.24, 2.45) is 0 Å². The van der Waals surface area contributed by atoms with Crippen LogP contribution in [-0.4, -0.2) is 49.6 Å². The van der Waals surface area contributed by atoms with Crippen LogP contribution in [0.1, 0.15) is 74.9 Å². The average Bonchev–Trinajstić information content (AvgIpc) is 2.85. The third-order valence-corrected chi connectivity index (χ3v) is 12.8. The molecule has 0 saturated carbocycles. The van der Waals surface area contributed by atoms with Gasteiger partial charge in [0.05, 0.1) is 0 Å². The van der Waals surface area contributed by atoms with Crippen molar-refractivity contribution < 1.29 is 17.8 Å². The van der Waals surface area contributed by atoms with Gasteiger partial charge in [-0.3, -0.25) is 0 Å². The van der Waals surface area contributed by atoms with Gasteiger partial charge in [0.2, 0.25) is 5.43 Å². The van der Waals surface area contributed by atoms with E-state index in [1.807, 2.05) is 17.8 Å². The Bertz CT molecular complexity index is 804. The summed E-state index contributed by atoms with van der Waals surface area (Å²) < 4.78 is 0. The monoisotopic (exact) mass is 849 g/mol. The van der Waals surface area contributed by atoms with Crippen LogP contribution in [-0.2, 0) is 17.8 Å². The van der Waals surface area contributed by atoms with Crippen molar-refractivity contribution >= 4 is 68.4 Å². The second kappa shape index (κ2) is 23.8. The maximum absolute atomic E-state index is 3.88. The normalized spacial score (nSPS) is 10.1. The fourth-order valence-corrected chi connectivity index (χ4v) is 8.32. The molecule has 2 aromatic carbocycles. The van der Waals surface area contributed by atoms with Crippen molar-refractivity contribution in [3.63, 3.8) is 0 Å². The molecule has 0 aliphatic carbocycles. The van der Waals surface area contributed by atoms with Crippen LogP contribution in [0.25, 0.3) is 0 Å². The molecule has 2 rings (SSSR count). The van der Waals surface area contributed by atoms with E-state index in [-0.39, 0.29) is 5.43 Å². The van der Waals surface area contributed by atoms with Gasteiger partial charge in [-0.15, -0.1) is 15.8 Å². The van der Waals surface area contributed by atoms with Crippen LogP contribution in [0.4, 0.5) is 0 Å². The fraction of sp³-hybridized carbons (Fsp3) is 0.600. The van der Waals surface area contributed by atoms with E-state index in [0.29, 0.717) is 15.8 Å². The molecule has 212 valence electrons. The van der Waals surface area contributed by atoms with Crippen molar-refractivity contribution in [2.45, 2.75) is 83.1 Å². The summed E-state index contributed by atoms with van der Waals surface area (Å²) in [5.74, 6) is 0. The topological polar surface area (TPSA) is 0 Å². The maximum atomic E-state index is 3.88. The van der Waals surface area contributed by atoms with Crippen LogP contribution in [0.15, 0.2) is 24.3 Å². The van der Waals surface area contributed by atoms with E-state index in [1.54, 1.807) is 0 Å². The zero-order valence-electron chi connectivity index (χ0n) is 25.7. The molecule has 1 radical (unpaired) electrons. The Morgan fingerprint density at radius 1 is 0.595 bits per heavy atom. The van der Waals surface area contributed by atoms with Crippen LogP contribution >= 0.6 is 44.9 Å². The first-order valence-electron chi connectivity index (χ1n) is 13.7. The molecule has 0 saturated heterocycles. The van der Waals surface area contributed by atoms with E-state index in [0.717, 1.165) is 0 Å². The van der Waals surface area contributed by atoms with Crippen molar-refractivity contribution in [2.75, 3.05) is 37.0 Å². The minimum atomic E-state index is 0.248. The van der Waals surface area contributed by atoms with Crippen LogP contribution in [0.2, 0.25) is 0 Å². The van der Waals surface area contributed by atoms with Crippen molar-refractivity contribution in [1.29, 1.82) is 0 Å². The molecule has 7 heteroatoms. The number of aryl methyl sites for hydroxylation is 6. The van der Waals surface area contributed by atoms with E-state index >= 15 is 0 Å². The molecule has 0 aliphatic heterocycles. The van der Waals surface area contributed by atoms with Crippen LogP contribution in [0, 0.1) is 41.5 Å². The molecule has 0 aliphatic rings. The van der Waals surface area contributed by atoms with Crippen molar-refractivity contribution in [3.8, 4) is 0 Å². The fourth-order valence-electron chi connectivity index (χ4n) is 4.65. The Kier molecular flexibility index (Phi) is 25.8. The third-order valence-electron chi connectivity index (χ3n) is 6.75. The Morgan fingerprint density at radius 2 is 0.865 bits per heavy atom. The zero-order valence-corrected chi connectivity index (χ0v) is 32.9. The van der Waals surface area contributed by atoms with E-state index < -0.39 is 0 Å². The SMILES string of the molecule is CCP(CC)CC.CCP(CC)CC.Cc1cc(C)c([B]B(Br)c2c(C)cc(C)cc2C)c(C)c1.[Br][Pt]. The van der Waals surface area contributed by atoms with Crippen LogP contribution in [0.5, 0.6) is 0 Å². The molecule has 37 heavy (non-hydrogen) atoms. The summed E-state index contributed by atoms with van der Waals surface area (Å²) in [6, 6.07) is 9.04. The summed E-state index contributed by atoms with van der Waals surface area (Å²) in [6.45, 7) is 26.8. The average molecular weight is 851 g/mol. The molecular weight excluding hydrogens is 799 g/mol.